The number of rotatable bonds is 5. The fraction of sp³-hybridized carbons (Fsp3) is 0.316. The molecule has 7 nitrogen and oxygen atoms in total. The van der Waals surface area contributed by atoms with Crippen LogP contribution in [0.15, 0.2) is 42.1 Å². The Hall–Kier alpha value is -3.09. The number of esters is 1. The molecule has 0 saturated heterocycles. The van der Waals surface area contributed by atoms with Crippen molar-refractivity contribution in [2.45, 2.75) is 32.9 Å². The molecule has 0 bridgehead atoms. The normalized spacial score (nSPS) is 14.1. The SMILES string of the molecule is CC(C)n1nccc1NC(=O)[C@H](C)OC(=O)C1=Cc2ccccc2OC1. The third-order valence-electron chi connectivity index (χ3n) is 3.96. The molecule has 26 heavy (non-hydrogen) atoms. The Morgan fingerprint density at radius 2 is 2.00 bits per heavy atom. The van der Waals surface area contributed by atoms with E-state index in [1.165, 1.54) is 6.92 Å². The summed E-state index contributed by atoms with van der Waals surface area (Å²) in [5.41, 5.74) is 1.18. The minimum Gasteiger partial charge on any atom is -0.488 e. The average molecular weight is 355 g/mol. The number of nitrogens with zero attached hydrogens (tertiary/aromatic N) is 2. The predicted octanol–water partition coefficient (Wildman–Crippen LogP) is 2.81. The minimum atomic E-state index is -0.948. The van der Waals surface area contributed by atoms with Crippen LogP contribution in [0, 0.1) is 0 Å². The Kier molecular flexibility index (Phi) is 5.06. The van der Waals surface area contributed by atoms with Gasteiger partial charge >= 0.3 is 5.97 Å². The number of amides is 1. The number of hydrogen-bond donors (Lipinski definition) is 1. The van der Waals surface area contributed by atoms with Gasteiger partial charge in [0.1, 0.15) is 18.2 Å². The van der Waals surface area contributed by atoms with Gasteiger partial charge in [-0.05, 0) is 32.9 Å². The van der Waals surface area contributed by atoms with Crippen molar-refractivity contribution < 1.29 is 19.1 Å². The lowest BCUT2D eigenvalue weighted by Gasteiger charge is -2.19. The first-order valence-corrected chi connectivity index (χ1v) is 8.43. The van der Waals surface area contributed by atoms with Crippen LogP contribution < -0.4 is 10.1 Å². The molecular weight excluding hydrogens is 334 g/mol. The molecule has 1 aliphatic heterocycles. The number of nitrogens with one attached hydrogen (secondary N) is 1. The van der Waals surface area contributed by atoms with Crippen LogP contribution in [0.2, 0.25) is 0 Å². The van der Waals surface area contributed by atoms with Gasteiger partial charge in [-0.25, -0.2) is 9.48 Å². The maximum absolute atomic E-state index is 12.3. The van der Waals surface area contributed by atoms with Crippen molar-refractivity contribution in [3.8, 4) is 5.75 Å². The first-order chi connectivity index (χ1) is 12.5. The van der Waals surface area contributed by atoms with Gasteiger partial charge in [-0.1, -0.05) is 18.2 Å². The van der Waals surface area contributed by atoms with E-state index < -0.39 is 18.0 Å². The molecule has 0 saturated carbocycles. The van der Waals surface area contributed by atoms with E-state index in [2.05, 4.69) is 10.4 Å². The Morgan fingerprint density at radius 3 is 2.77 bits per heavy atom. The molecule has 2 heterocycles. The fourth-order valence-electron chi connectivity index (χ4n) is 2.58. The van der Waals surface area contributed by atoms with E-state index in [4.69, 9.17) is 9.47 Å². The van der Waals surface area contributed by atoms with Crippen LogP contribution in [-0.2, 0) is 14.3 Å². The van der Waals surface area contributed by atoms with E-state index in [1.54, 1.807) is 23.0 Å². The zero-order valence-corrected chi connectivity index (χ0v) is 14.9. The summed E-state index contributed by atoms with van der Waals surface area (Å²) >= 11 is 0. The standard InChI is InChI=1S/C19H21N3O4/c1-12(2)22-17(8-9-20-22)21-18(23)13(3)26-19(24)15-10-14-6-4-5-7-16(14)25-11-15/h4-10,12-13H,11H2,1-3H3,(H,21,23)/t13-/m0/s1. The quantitative estimate of drug-likeness (QED) is 0.834. The summed E-state index contributed by atoms with van der Waals surface area (Å²) in [5.74, 6) is 0.289. The van der Waals surface area contributed by atoms with Crippen LogP contribution in [0.4, 0.5) is 5.82 Å². The summed E-state index contributed by atoms with van der Waals surface area (Å²) in [4.78, 5) is 24.7. The third-order valence-corrected chi connectivity index (χ3v) is 3.96. The molecule has 1 aromatic carbocycles. The van der Waals surface area contributed by atoms with Crippen LogP contribution in [-0.4, -0.2) is 34.4 Å². The smallest absolute Gasteiger partial charge is 0.338 e. The minimum absolute atomic E-state index is 0.0998. The molecule has 7 heteroatoms. The number of carbonyl (C=O) groups excluding carboxylic acids is 2. The molecule has 136 valence electrons. The van der Waals surface area contributed by atoms with Crippen molar-refractivity contribution in [3.63, 3.8) is 0 Å². The zero-order chi connectivity index (χ0) is 18.7. The van der Waals surface area contributed by atoms with Crippen LogP contribution >= 0.6 is 0 Å². The van der Waals surface area contributed by atoms with Gasteiger partial charge in [-0.15, -0.1) is 0 Å². The lowest BCUT2D eigenvalue weighted by atomic mass is 10.1. The summed E-state index contributed by atoms with van der Waals surface area (Å²) in [5, 5.41) is 6.88. The number of carbonyl (C=O) groups is 2. The first kappa shape index (κ1) is 17.7. The molecule has 3 rings (SSSR count). The molecule has 1 aromatic heterocycles. The molecule has 1 N–H and O–H groups in total. The molecule has 0 radical (unpaired) electrons. The number of para-hydroxylation sites is 1. The van der Waals surface area contributed by atoms with Crippen molar-refractivity contribution >= 4 is 23.8 Å². The lowest BCUT2D eigenvalue weighted by molar-refractivity contribution is -0.149. The van der Waals surface area contributed by atoms with Crippen LogP contribution in [0.5, 0.6) is 5.75 Å². The Morgan fingerprint density at radius 1 is 1.23 bits per heavy atom. The van der Waals surface area contributed by atoms with E-state index in [0.717, 1.165) is 11.3 Å². The largest absolute Gasteiger partial charge is 0.488 e. The van der Waals surface area contributed by atoms with Crippen LogP contribution in [0.3, 0.4) is 0 Å². The van der Waals surface area contributed by atoms with E-state index in [-0.39, 0.29) is 12.6 Å². The number of benzene rings is 1. The maximum atomic E-state index is 12.3. The zero-order valence-electron chi connectivity index (χ0n) is 14.9. The topological polar surface area (TPSA) is 82.5 Å². The molecule has 2 aromatic rings. The third kappa shape index (κ3) is 3.77. The van der Waals surface area contributed by atoms with Gasteiger partial charge < -0.3 is 14.8 Å². The molecule has 0 unspecified atom stereocenters. The van der Waals surface area contributed by atoms with Gasteiger partial charge in [0.2, 0.25) is 0 Å². The molecule has 1 amide bonds. The number of fused-ring (bicyclic) bond motifs is 1. The highest BCUT2D eigenvalue weighted by atomic mass is 16.6. The van der Waals surface area contributed by atoms with Crippen molar-refractivity contribution in [3.05, 3.63) is 47.7 Å². The fourth-order valence-corrected chi connectivity index (χ4v) is 2.58. The summed E-state index contributed by atoms with van der Waals surface area (Å²) < 4.78 is 12.5. The number of hydrogen-bond acceptors (Lipinski definition) is 5. The van der Waals surface area contributed by atoms with E-state index >= 15 is 0 Å². The average Bonchev–Trinajstić information content (AvgIpc) is 3.09. The summed E-state index contributed by atoms with van der Waals surface area (Å²) in [6, 6.07) is 9.21. The van der Waals surface area contributed by atoms with E-state index in [1.807, 2.05) is 38.1 Å². The molecule has 0 fully saturated rings. The predicted molar refractivity (Wildman–Crippen MR) is 96.7 cm³/mol. The van der Waals surface area contributed by atoms with Crippen molar-refractivity contribution in [1.82, 2.24) is 9.78 Å². The summed E-state index contributed by atoms with van der Waals surface area (Å²) in [7, 11) is 0. The van der Waals surface area contributed by atoms with Crippen LogP contribution in [0.25, 0.3) is 6.08 Å². The summed E-state index contributed by atoms with van der Waals surface area (Å²) in [6.07, 6.45) is 2.38. The molecular formula is C19H21N3O4. The van der Waals surface area contributed by atoms with Gasteiger partial charge in [0.15, 0.2) is 6.10 Å². The van der Waals surface area contributed by atoms with Gasteiger partial charge in [0.25, 0.3) is 5.91 Å². The molecule has 1 aliphatic rings. The number of ether oxygens (including phenoxy) is 2. The maximum Gasteiger partial charge on any atom is 0.338 e. The Bertz CT molecular complexity index is 854. The van der Waals surface area contributed by atoms with Crippen molar-refractivity contribution in [2.24, 2.45) is 0 Å². The van der Waals surface area contributed by atoms with Crippen LogP contribution in [0.1, 0.15) is 32.4 Å². The van der Waals surface area contributed by atoms with E-state index in [0.29, 0.717) is 11.4 Å². The van der Waals surface area contributed by atoms with Crippen molar-refractivity contribution in [1.29, 1.82) is 0 Å². The lowest BCUT2D eigenvalue weighted by Crippen LogP contribution is -2.32. The van der Waals surface area contributed by atoms with E-state index in [9.17, 15) is 9.59 Å². The highest BCUT2D eigenvalue weighted by molar-refractivity contribution is 5.99. The Labute approximate surface area is 151 Å². The summed E-state index contributed by atoms with van der Waals surface area (Å²) in [6.45, 7) is 5.56. The molecule has 0 aliphatic carbocycles. The van der Waals surface area contributed by atoms with Crippen molar-refractivity contribution in [2.75, 3.05) is 11.9 Å². The monoisotopic (exact) mass is 355 g/mol. The number of aromatic nitrogens is 2. The van der Waals surface area contributed by atoms with Gasteiger partial charge in [0.05, 0.1) is 11.8 Å². The molecule has 0 spiro atoms. The van der Waals surface area contributed by atoms with Gasteiger partial charge in [-0.3, -0.25) is 4.79 Å². The van der Waals surface area contributed by atoms with Gasteiger partial charge in [-0.2, -0.15) is 5.10 Å². The van der Waals surface area contributed by atoms with Gasteiger partial charge in [0, 0.05) is 17.7 Å². The Balaban J connectivity index is 1.63. The second-order valence-corrected chi connectivity index (χ2v) is 6.29. The number of anilines is 1. The second-order valence-electron chi connectivity index (χ2n) is 6.29. The molecule has 1 atom stereocenters. The second kappa shape index (κ2) is 7.43. The highest BCUT2D eigenvalue weighted by Gasteiger charge is 2.24. The first-order valence-electron chi connectivity index (χ1n) is 8.43. The highest BCUT2D eigenvalue weighted by Crippen LogP contribution is 2.26.